The van der Waals surface area contributed by atoms with E-state index in [-0.39, 0.29) is 24.9 Å². The molecule has 2 rings (SSSR count). The van der Waals surface area contributed by atoms with E-state index in [9.17, 15) is 9.59 Å². The van der Waals surface area contributed by atoms with Gasteiger partial charge in [0.25, 0.3) is 0 Å². The van der Waals surface area contributed by atoms with Gasteiger partial charge in [-0.2, -0.15) is 0 Å². The minimum Gasteiger partial charge on any atom is -0.482 e. The van der Waals surface area contributed by atoms with Gasteiger partial charge in [-0.3, -0.25) is 4.79 Å². The molecule has 0 aromatic heterocycles. The molecule has 5 nitrogen and oxygen atoms in total. The number of ether oxygens (including phenoxy) is 1. The molecule has 1 aromatic carbocycles. The molecule has 1 aliphatic rings. The van der Waals surface area contributed by atoms with Crippen molar-refractivity contribution < 1.29 is 24.5 Å². The van der Waals surface area contributed by atoms with Gasteiger partial charge in [-0.25, -0.2) is 4.79 Å². The topological polar surface area (TPSA) is 83.8 Å². The van der Waals surface area contributed by atoms with Crippen LogP contribution in [0.3, 0.4) is 0 Å². The summed E-state index contributed by atoms with van der Waals surface area (Å²) >= 11 is 0. The molecular weight excluding hydrogens is 236 g/mol. The molecule has 0 spiro atoms. The predicted octanol–water partition coefficient (Wildman–Crippen LogP) is 1.73. The first-order valence-electron chi connectivity index (χ1n) is 5.73. The summed E-state index contributed by atoms with van der Waals surface area (Å²) in [5, 5.41) is 17.3. The highest BCUT2D eigenvalue weighted by Gasteiger charge is 2.41. The average molecular weight is 250 g/mol. The maximum atomic E-state index is 10.6. The van der Waals surface area contributed by atoms with Crippen LogP contribution in [-0.2, 0) is 9.59 Å². The van der Waals surface area contributed by atoms with Gasteiger partial charge in [-0.1, -0.05) is 18.2 Å². The molecule has 96 valence electrons. The Balaban J connectivity index is 2.05. The number of carboxylic acid groups (broad SMARTS) is 2. The van der Waals surface area contributed by atoms with Crippen molar-refractivity contribution in [2.75, 3.05) is 6.61 Å². The Bertz CT molecular complexity index is 468. The van der Waals surface area contributed by atoms with E-state index in [0.29, 0.717) is 5.75 Å². The highest BCUT2D eigenvalue weighted by atomic mass is 16.5. The fourth-order valence-corrected chi connectivity index (χ4v) is 2.14. The van der Waals surface area contributed by atoms with Gasteiger partial charge in [0.1, 0.15) is 5.75 Å². The summed E-state index contributed by atoms with van der Waals surface area (Å²) in [6, 6.07) is 7.20. The second-order valence-electron chi connectivity index (χ2n) is 4.42. The van der Waals surface area contributed by atoms with Crippen LogP contribution in [-0.4, -0.2) is 28.8 Å². The van der Waals surface area contributed by atoms with E-state index < -0.39 is 11.9 Å². The van der Waals surface area contributed by atoms with Gasteiger partial charge in [-0.05, 0) is 29.9 Å². The number of hydrogen-bond acceptors (Lipinski definition) is 3. The molecule has 0 bridgehead atoms. The lowest BCUT2D eigenvalue weighted by molar-refractivity contribution is -0.139. The number of benzene rings is 1. The van der Waals surface area contributed by atoms with Crippen LogP contribution in [0.25, 0.3) is 0 Å². The zero-order valence-electron chi connectivity index (χ0n) is 9.70. The molecule has 0 aliphatic heterocycles. The van der Waals surface area contributed by atoms with Crippen molar-refractivity contribution in [3.8, 4) is 5.75 Å². The molecule has 0 amide bonds. The SMILES string of the molecule is O=C(O)COc1ccccc1[C@@H]1CC1CC(=O)O. The van der Waals surface area contributed by atoms with Gasteiger partial charge in [0.2, 0.25) is 0 Å². The Kier molecular flexibility index (Phi) is 3.50. The lowest BCUT2D eigenvalue weighted by Gasteiger charge is -2.09. The fourth-order valence-electron chi connectivity index (χ4n) is 2.14. The molecule has 5 heteroatoms. The third kappa shape index (κ3) is 3.00. The number of para-hydroxylation sites is 1. The van der Waals surface area contributed by atoms with Gasteiger partial charge in [0.05, 0.1) is 0 Å². The zero-order chi connectivity index (χ0) is 13.1. The number of carboxylic acids is 2. The van der Waals surface area contributed by atoms with Crippen LogP contribution in [0, 0.1) is 5.92 Å². The van der Waals surface area contributed by atoms with Crippen LogP contribution in [0.1, 0.15) is 24.3 Å². The molecular formula is C13H14O5. The summed E-state index contributed by atoms with van der Waals surface area (Å²) in [5.74, 6) is -0.977. The summed E-state index contributed by atoms with van der Waals surface area (Å²) in [4.78, 5) is 21.1. The lowest BCUT2D eigenvalue weighted by atomic mass is 10.1. The maximum Gasteiger partial charge on any atom is 0.341 e. The lowest BCUT2D eigenvalue weighted by Crippen LogP contribution is -2.10. The van der Waals surface area contributed by atoms with Gasteiger partial charge in [0.15, 0.2) is 6.61 Å². The normalized spacial score (nSPS) is 21.3. The van der Waals surface area contributed by atoms with Gasteiger partial charge < -0.3 is 14.9 Å². The first-order valence-corrected chi connectivity index (χ1v) is 5.73. The third-order valence-electron chi connectivity index (χ3n) is 3.03. The van der Waals surface area contributed by atoms with E-state index in [1.54, 1.807) is 12.1 Å². The van der Waals surface area contributed by atoms with E-state index in [1.165, 1.54) is 0 Å². The second-order valence-corrected chi connectivity index (χ2v) is 4.42. The molecule has 1 aromatic rings. The molecule has 1 aliphatic carbocycles. The number of hydrogen-bond donors (Lipinski definition) is 2. The van der Waals surface area contributed by atoms with Crippen LogP contribution in [0.15, 0.2) is 24.3 Å². The number of carbonyl (C=O) groups is 2. The highest BCUT2D eigenvalue weighted by molar-refractivity contribution is 5.69. The van der Waals surface area contributed by atoms with Crippen molar-refractivity contribution in [1.82, 2.24) is 0 Å². The van der Waals surface area contributed by atoms with Crippen molar-refractivity contribution in [2.24, 2.45) is 5.92 Å². The molecule has 1 fully saturated rings. The summed E-state index contributed by atoms with van der Waals surface area (Å²) in [5.41, 5.74) is 0.907. The Morgan fingerprint density at radius 3 is 2.61 bits per heavy atom. The van der Waals surface area contributed by atoms with Crippen molar-refractivity contribution >= 4 is 11.9 Å². The number of rotatable bonds is 6. The fraction of sp³-hybridized carbons (Fsp3) is 0.385. The maximum absolute atomic E-state index is 10.6. The average Bonchev–Trinajstić information content (AvgIpc) is 3.05. The van der Waals surface area contributed by atoms with Crippen LogP contribution in [0.2, 0.25) is 0 Å². The van der Waals surface area contributed by atoms with E-state index in [2.05, 4.69) is 0 Å². The summed E-state index contributed by atoms with van der Waals surface area (Å²) in [7, 11) is 0. The Labute approximate surface area is 104 Å². The monoisotopic (exact) mass is 250 g/mol. The van der Waals surface area contributed by atoms with E-state index >= 15 is 0 Å². The van der Waals surface area contributed by atoms with Gasteiger partial charge in [0, 0.05) is 6.42 Å². The van der Waals surface area contributed by atoms with Gasteiger partial charge >= 0.3 is 11.9 Å². The van der Waals surface area contributed by atoms with Crippen molar-refractivity contribution in [3.63, 3.8) is 0 Å². The van der Waals surface area contributed by atoms with E-state index in [4.69, 9.17) is 14.9 Å². The summed E-state index contributed by atoms with van der Waals surface area (Å²) < 4.78 is 5.21. The molecule has 0 heterocycles. The van der Waals surface area contributed by atoms with Gasteiger partial charge in [-0.15, -0.1) is 0 Å². The van der Waals surface area contributed by atoms with Crippen molar-refractivity contribution in [1.29, 1.82) is 0 Å². The van der Waals surface area contributed by atoms with E-state index in [0.717, 1.165) is 12.0 Å². The minimum absolute atomic E-state index is 0.136. The highest BCUT2D eigenvalue weighted by Crippen LogP contribution is 2.52. The molecule has 2 N–H and O–H groups in total. The largest absolute Gasteiger partial charge is 0.482 e. The number of aliphatic carboxylic acids is 2. The minimum atomic E-state index is -1.03. The van der Waals surface area contributed by atoms with Crippen molar-refractivity contribution in [3.05, 3.63) is 29.8 Å². The van der Waals surface area contributed by atoms with Crippen molar-refractivity contribution in [2.45, 2.75) is 18.8 Å². The smallest absolute Gasteiger partial charge is 0.341 e. The predicted molar refractivity (Wildman–Crippen MR) is 62.7 cm³/mol. The van der Waals surface area contributed by atoms with Crippen LogP contribution in [0.5, 0.6) is 5.75 Å². The Morgan fingerprint density at radius 1 is 1.22 bits per heavy atom. The first kappa shape index (κ1) is 12.4. The standard InChI is InChI=1S/C13H14O5/c14-12(15)6-8-5-10(8)9-3-1-2-4-11(9)18-7-13(16)17/h1-4,8,10H,5-7H2,(H,14,15)(H,16,17)/t8?,10-/m1/s1. The van der Waals surface area contributed by atoms with Crippen LogP contribution in [0.4, 0.5) is 0 Å². The van der Waals surface area contributed by atoms with Crippen LogP contribution >= 0.6 is 0 Å². The second kappa shape index (κ2) is 5.08. The molecule has 2 atom stereocenters. The summed E-state index contributed by atoms with van der Waals surface area (Å²) in [6.45, 7) is -0.382. The third-order valence-corrected chi connectivity index (χ3v) is 3.03. The molecule has 0 saturated heterocycles. The molecule has 1 saturated carbocycles. The molecule has 18 heavy (non-hydrogen) atoms. The zero-order valence-corrected chi connectivity index (χ0v) is 9.70. The molecule has 0 radical (unpaired) electrons. The van der Waals surface area contributed by atoms with E-state index in [1.807, 2.05) is 12.1 Å². The quantitative estimate of drug-likeness (QED) is 0.803. The Hall–Kier alpha value is -2.04. The Morgan fingerprint density at radius 2 is 1.94 bits per heavy atom. The van der Waals surface area contributed by atoms with Crippen LogP contribution < -0.4 is 4.74 Å². The molecule has 1 unspecified atom stereocenters. The summed E-state index contributed by atoms with van der Waals surface area (Å²) in [6.07, 6.45) is 0.970. The first-order chi connectivity index (χ1) is 8.58.